The van der Waals surface area contributed by atoms with Crippen molar-refractivity contribution in [2.45, 2.75) is 25.9 Å². The van der Waals surface area contributed by atoms with E-state index in [-0.39, 0.29) is 36.4 Å². The Morgan fingerprint density at radius 3 is 2.62 bits per heavy atom. The third kappa shape index (κ3) is 4.01. The van der Waals surface area contributed by atoms with Crippen LogP contribution >= 0.6 is 11.3 Å². The number of hydrogen-bond donors (Lipinski definition) is 1. The summed E-state index contributed by atoms with van der Waals surface area (Å²) >= 11 is 1.54. The van der Waals surface area contributed by atoms with Crippen LogP contribution in [0, 0.1) is 12.8 Å². The number of aromatic nitrogens is 2. The van der Waals surface area contributed by atoms with Crippen LogP contribution in [0.15, 0.2) is 70.8 Å². The number of carbonyl (C=O) groups excluding carboxylic acids is 2. The van der Waals surface area contributed by atoms with Crippen LogP contribution in [0.2, 0.25) is 0 Å². The molecule has 172 valence electrons. The number of hydrogen-bond acceptors (Lipinski definition) is 5. The standard InChI is InChI=1S/C26H24N4O3S/c1-16-9-11-17(12-10-16)30-23(31)14-19(24(30)21-8-5-13-34-21)26(33)29(2)15-22-27-20-7-4-3-6-18(20)25(32)28-22/h3-13,19,24H,14-15H2,1-2H3,(H,27,28,32)/t19-,24+/m0/s1. The zero-order valence-corrected chi connectivity index (χ0v) is 19.7. The summed E-state index contributed by atoms with van der Waals surface area (Å²) in [6, 6.07) is 18.4. The highest BCUT2D eigenvalue weighted by molar-refractivity contribution is 7.10. The monoisotopic (exact) mass is 472 g/mol. The van der Waals surface area contributed by atoms with Gasteiger partial charge in [0.15, 0.2) is 0 Å². The number of nitrogens with one attached hydrogen (secondary N) is 1. The molecule has 1 fully saturated rings. The summed E-state index contributed by atoms with van der Waals surface area (Å²) in [5, 5.41) is 2.47. The summed E-state index contributed by atoms with van der Waals surface area (Å²) < 4.78 is 0. The van der Waals surface area contributed by atoms with Gasteiger partial charge in [-0.1, -0.05) is 35.9 Å². The molecule has 1 N–H and O–H groups in total. The van der Waals surface area contributed by atoms with E-state index >= 15 is 0 Å². The topological polar surface area (TPSA) is 86.4 Å². The van der Waals surface area contributed by atoms with Gasteiger partial charge in [0, 0.05) is 24.0 Å². The third-order valence-electron chi connectivity index (χ3n) is 6.21. The maximum absolute atomic E-state index is 13.6. The molecule has 0 aliphatic carbocycles. The van der Waals surface area contributed by atoms with Gasteiger partial charge in [0.1, 0.15) is 5.82 Å². The molecular weight excluding hydrogens is 448 g/mol. The Morgan fingerprint density at radius 1 is 1.12 bits per heavy atom. The number of H-pyrrole nitrogens is 1. The first-order chi connectivity index (χ1) is 16.4. The molecule has 34 heavy (non-hydrogen) atoms. The van der Waals surface area contributed by atoms with Gasteiger partial charge >= 0.3 is 0 Å². The van der Waals surface area contributed by atoms with Crippen LogP contribution in [0.1, 0.15) is 28.7 Å². The molecule has 2 aromatic carbocycles. The molecule has 0 spiro atoms. The van der Waals surface area contributed by atoms with Gasteiger partial charge in [0.2, 0.25) is 11.8 Å². The van der Waals surface area contributed by atoms with Crippen molar-refractivity contribution < 1.29 is 9.59 Å². The average molecular weight is 473 g/mol. The van der Waals surface area contributed by atoms with Crippen LogP contribution < -0.4 is 10.5 Å². The van der Waals surface area contributed by atoms with Crippen LogP contribution in [0.25, 0.3) is 10.9 Å². The van der Waals surface area contributed by atoms with Crippen LogP contribution in [-0.2, 0) is 16.1 Å². The highest BCUT2D eigenvalue weighted by Crippen LogP contribution is 2.43. The highest BCUT2D eigenvalue weighted by atomic mass is 32.1. The zero-order chi connectivity index (χ0) is 23.8. The number of aryl methyl sites for hydroxylation is 1. The number of benzene rings is 2. The van der Waals surface area contributed by atoms with Gasteiger partial charge in [-0.05, 0) is 42.6 Å². The molecule has 2 aromatic heterocycles. The minimum Gasteiger partial charge on any atom is -0.338 e. The number of fused-ring (bicyclic) bond motifs is 1. The maximum atomic E-state index is 13.6. The van der Waals surface area contributed by atoms with E-state index in [1.54, 1.807) is 35.0 Å². The van der Waals surface area contributed by atoms with E-state index in [4.69, 9.17) is 0 Å². The van der Waals surface area contributed by atoms with Crippen LogP contribution in [0.4, 0.5) is 5.69 Å². The van der Waals surface area contributed by atoms with E-state index in [9.17, 15) is 14.4 Å². The van der Waals surface area contributed by atoms with Gasteiger partial charge < -0.3 is 14.8 Å². The molecule has 0 saturated carbocycles. The van der Waals surface area contributed by atoms with Gasteiger partial charge in [-0.25, -0.2) is 4.98 Å². The van der Waals surface area contributed by atoms with Crippen molar-refractivity contribution in [3.63, 3.8) is 0 Å². The molecule has 3 heterocycles. The summed E-state index contributed by atoms with van der Waals surface area (Å²) in [4.78, 5) is 50.8. The lowest BCUT2D eigenvalue weighted by Crippen LogP contribution is -2.37. The van der Waals surface area contributed by atoms with E-state index in [1.165, 1.54) is 11.3 Å². The fourth-order valence-corrected chi connectivity index (χ4v) is 5.43. The molecule has 1 aliphatic heterocycles. The quantitative estimate of drug-likeness (QED) is 0.475. The molecular formula is C26H24N4O3S. The van der Waals surface area contributed by atoms with Crippen molar-refractivity contribution in [1.82, 2.24) is 14.9 Å². The minimum atomic E-state index is -0.537. The molecule has 2 amide bonds. The van der Waals surface area contributed by atoms with Gasteiger partial charge in [0.05, 0.1) is 29.4 Å². The lowest BCUT2D eigenvalue weighted by molar-refractivity contribution is -0.135. The van der Waals surface area contributed by atoms with E-state index in [2.05, 4.69) is 9.97 Å². The molecule has 2 atom stereocenters. The predicted octanol–water partition coefficient (Wildman–Crippen LogP) is 4.05. The second-order valence-electron chi connectivity index (χ2n) is 8.59. The smallest absolute Gasteiger partial charge is 0.258 e. The van der Waals surface area contributed by atoms with Crippen molar-refractivity contribution >= 4 is 39.7 Å². The molecule has 1 aliphatic rings. The summed E-state index contributed by atoms with van der Waals surface area (Å²) in [5.41, 5.74) is 2.24. The van der Waals surface area contributed by atoms with Gasteiger partial charge in [0.25, 0.3) is 5.56 Å². The fourth-order valence-electron chi connectivity index (χ4n) is 4.55. The fraction of sp³-hybridized carbons (Fsp3) is 0.231. The largest absolute Gasteiger partial charge is 0.338 e. The third-order valence-corrected chi connectivity index (χ3v) is 7.15. The summed E-state index contributed by atoms with van der Waals surface area (Å²) in [5.74, 6) is -0.361. The first-order valence-corrected chi connectivity index (χ1v) is 12.0. The lowest BCUT2D eigenvalue weighted by atomic mass is 9.97. The Labute approximate surface area is 200 Å². The summed E-state index contributed by atoms with van der Waals surface area (Å²) in [6.45, 7) is 2.14. The SMILES string of the molecule is Cc1ccc(N2C(=O)C[C@H](C(=O)N(C)Cc3nc4ccccc4c(=O)[nH]3)[C@@H]2c2cccs2)cc1. The molecule has 1 saturated heterocycles. The Kier molecular flexibility index (Phi) is 5.75. The number of anilines is 1. The van der Waals surface area contributed by atoms with Crippen molar-refractivity contribution in [2.75, 3.05) is 11.9 Å². The molecule has 0 radical (unpaired) electrons. The molecule has 0 unspecified atom stereocenters. The maximum Gasteiger partial charge on any atom is 0.258 e. The molecule has 5 rings (SSSR count). The van der Waals surface area contributed by atoms with Crippen LogP contribution in [0.3, 0.4) is 0 Å². The highest BCUT2D eigenvalue weighted by Gasteiger charge is 2.46. The Bertz CT molecular complexity index is 1410. The van der Waals surface area contributed by atoms with Crippen LogP contribution in [0.5, 0.6) is 0 Å². The second-order valence-corrected chi connectivity index (χ2v) is 9.57. The summed E-state index contributed by atoms with van der Waals surface area (Å²) in [7, 11) is 1.68. The number of thiophene rings is 1. The van der Waals surface area contributed by atoms with E-state index < -0.39 is 5.92 Å². The molecule has 0 bridgehead atoms. The number of aromatic amines is 1. The van der Waals surface area contributed by atoms with Crippen molar-refractivity contribution in [1.29, 1.82) is 0 Å². The van der Waals surface area contributed by atoms with Crippen molar-refractivity contribution in [3.05, 3.63) is 92.7 Å². The minimum absolute atomic E-state index is 0.0776. The van der Waals surface area contributed by atoms with Gasteiger partial charge in [-0.15, -0.1) is 11.3 Å². The second kappa shape index (κ2) is 8.87. The van der Waals surface area contributed by atoms with Crippen LogP contribution in [-0.4, -0.2) is 33.7 Å². The predicted molar refractivity (Wildman–Crippen MR) is 133 cm³/mol. The van der Waals surface area contributed by atoms with Gasteiger partial charge in [-0.3, -0.25) is 14.4 Å². The molecule has 4 aromatic rings. The number of nitrogens with zero attached hydrogens (tertiary/aromatic N) is 3. The lowest BCUT2D eigenvalue weighted by Gasteiger charge is -2.29. The van der Waals surface area contributed by atoms with E-state index in [0.717, 1.165) is 16.1 Å². The Morgan fingerprint density at radius 2 is 1.88 bits per heavy atom. The number of amides is 2. The Hall–Kier alpha value is -3.78. The van der Waals surface area contributed by atoms with Gasteiger partial charge in [-0.2, -0.15) is 0 Å². The Balaban J connectivity index is 1.44. The number of para-hydroxylation sites is 1. The first-order valence-electron chi connectivity index (χ1n) is 11.1. The molecule has 8 heteroatoms. The summed E-state index contributed by atoms with van der Waals surface area (Å²) in [6.07, 6.45) is 0.126. The number of carbonyl (C=O) groups is 2. The van der Waals surface area contributed by atoms with E-state index in [1.807, 2.05) is 54.8 Å². The van der Waals surface area contributed by atoms with Crippen molar-refractivity contribution in [2.24, 2.45) is 5.92 Å². The normalized spacial score (nSPS) is 17.9. The van der Waals surface area contributed by atoms with Crippen molar-refractivity contribution in [3.8, 4) is 0 Å². The number of rotatable bonds is 5. The van der Waals surface area contributed by atoms with E-state index in [0.29, 0.717) is 16.7 Å². The average Bonchev–Trinajstić information content (AvgIpc) is 3.47. The zero-order valence-electron chi connectivity index (χ0n) is 18.9. The molecule has 7 nitrogen and oxygen atoms in total. The first kappa shape index (κ1) is 22.0.